The SMILES string of the molecule is COc1ccc(C2(C)NC(=O)N(NC(=O)CN3CCN(C(=O)Cc4ccc(C)cc4)CC3)C2=O)cc1. The van der Waals surface area contributed by atoms with E-state index in [1.165, 1.54) is 0 Å². The number of rotatable bonds is 7. The molecule has 1 unspecified atom stereocenters. The molecule has 2 fully saturated rings. The number of nitrogens with one attached hydrogen (secondary N) is 2. The third-order valence-electron chi connectivity index (χ3n) is 6.66. The summed E-state index contributed by atoms with van der Waals surface area (Å²) in [6.45, 7) is 5.68. The van der Waals surface area contributed by atoms with Gasteiger partial charge in [0.2, 0.25) is 5.91 Å². The maximum atomic E-state index is 13.0. The predicted molar refractivity (Wildman–Crippen MR) is 132 cm³/mol. The molecule has 0 saturated carbocycles. The van der Waals surface area contributed by atoms with Gasteiger partial charge in [-0.25, -0.2) is 4.79 Å². The first kappa shape index (κ1) is 25.2. The molecule has 10 nitrogen and oxygen atoms in total. The fourth-order valence-electron chi connectivity index (χ4n) is 4.37. The maximum Gasteiger partial charge on any atom is 0.344 e. The van der Waals surface area contributed by atoms with Gasteiger partial charge < -0.3 is 15.0 Å². The average molecular weight is 494 g/mol. The molecule has 2 aliphatic heterocycles. The maximum absolute atomic E-state index is 13.0. The molecule has 0 aliphatic carbocycles. The largest absolute Gasteiger partial charge is 0.497 e. The molecule has 36 heavy (non-hydrogen) atoms. The molecule has 2 aliphatic rings. The Labute approximate surface area is 210 Å². The highest BCUT2D eigenvalue weighted by molar-refractivity contribution is 6.08. The molecule has 0 radical (unpaired) electrons. The molecular formula is C26H31N5O5. The number of carbonyl (C=O) groups is 4. The van der Waals surface area contributed by atoms with E-state index in [-0.39, 0.29) is 12.5 Å². The van der Waals surface area contributed by atoms with Gasteiger partial charge in [0.25, 0.3) is 11.8 Å². The lowest BCUT2D eigenvalue weighted by Gasteiger charge is -2.34. The predicted octanol–water partition coefficient (Wildman–Crippen LogP) is 1.19. The fourth-order valence-corrected chi connectivity index (χ4v) is 4.37. The summed E-state index contributed by atoms with van der Waals surface area (Å²) in [5.74, 6) is -0.365. The topological polar surface area (TPSA) is 111 Å². The van der Waals surface area contributed by atoms with Gasteiger partial charge in [-0.3, -0.25) is 24.7 Å². The number of ether oxygens (including phenoxy) is 1. The van der Waals surface area contributed by atoms with E-state index < -0.39 is 23.4 Å². The molecule has 0 bridgehead atoms. The first-order valence-corrected chi connectivity index (χ1v) is 11.9. The van der Waals surface area contributed by atoms with Gasteiger partial charge in [-0.15, -0.1) is 0 Å². The van der Waals surface area contributed by atoms with Crippen LogP contribution >= 0.6 is 0 Å². The highest BCUT2D eigenvalue weighted by atomic mass is 16.5. The number of methoxy groups -OCH3 is 1. The van der Waals surface area contributed by atoms with Crippen molar-refractivity contribution in [2.24, 2.45) is 0 Å². The number of hydrazine groups is 1. The van der Waals surface area contributed by atoms with Gasteiger partial charge in [0.05, 0.1) is 20.1 Å². The minimum absolute atomic E-state index is 0.0102. The summed E-state index contributed by atoms with van der Waals surface area (Å²) in [6, 6.07) is 14.0. The van der Waals surface area contributed by atoms with Crippen molar-refractivity contribution in [3.05, 3.63) is 65.2 Å². The summed E-state index contributed by atoms with van der Waals surface area (Å²) < 4.78 is 5.14. The van der Waals surface area contributed by atoms with E-state index in [0.29, 0.717) is 43.9 Å². The smallest absolute Gasteiger partial charge is 0.344 e. The molecule has 5 amide bonds. The Morgan fingerprint density at radius 3 is 2.25 bits per heavy atom. The molecule has 2 heterocycles. The van der Waals surface area contributed by atoms with Crippen molar-refractivity contribution >= 4 is 23.8 Å². The molecular weight excluding hydrogens is 462 g/mol. The van der Waals surface area contributed by atoms with Crippen molar-refractivity contribution in [2.75, 3.05) is 39.8 Å². The van der Waals surface area contributed by atoms with Gasteiger partial charge in [0.15, 0.2) is 0 Å². The second-order valence-corrected chi connectivity index (χ2v) is 9.28. The van der Waals surface area contributed by atoms with Crippen molar-refractivity contribution in [1.29, 1.82) is 0 Å². The Morgan fingerprint density at radius 2 is 1.64 bits per heavy atom. The Morgan fingerprint density at radius 1 is 1.00 bits per heavy atom. The molecule has 2 saturated heterocycles. The zero-order valence-corrected chi connectivity index (χ0v) is 20.7. The number of hydrogen-bond acceptors (Lipinski definition) is 6. The highest BCUT2D eigenvalue weighted by Crippen LogP contribution is 2.29. The summed E-state index contributed by atoms with van der Waals surface area (Å²) in [4.78, 5) is 54.5. The highest BCUT2D eigenvalue weighted by Gasteiger charge is 2.50. The van der Waals surface area contributed by atoms with E-state index in [9.17, 15) is 19.2 Å². The van der Waals surface area contributed by atoms with Crippen LogP contribution in [0.5, 0.6) is 5.75 Å². The quantitative estimate of drug-likeness (QED) is 0.561. The molecule has 1 atom stereocenters. The lowest BCUT2D eigenvalue weighted by atomic mass is 9.92. The van der Waals surface area contributed by atoms with Crippen LogP contribution < -0.4 is 15.5 Å². The van der Waals surface area contributed by atoms with Gasteiger partial charge in [0, 0.05) is 26.2 Å². The summed E-state index contributed by atoms with van der Waals surface area (Å²) >= 11 is 0. The zero-order valence-electron chi connectivity index (χ0n) is 20.7. The Hall–Kier alpha value is -3.92. The van der Waals surface area contributed by atoms with Crippen LogP contribution in [0.25, 0.3) is 0 Å². The summed E-state index contributed by atoms with van der Waals surface area (Å²) in [5, 5.41) is 3.39. The number of amides is 5. The van der Waals surface area contributed by atoms with E-state index >= 15 is 0 Å². The lowest BCUT2D eigenvalue weighted by molar-refractivity contribution is -0.140. The number of imide groups is 1. The van der Waals surface area contributed by atoms with E-state index in [2.05, 4.69) is 10.7 Å². The van der Waals surface area contributed by atoms with E-state index in [4.69, 9.17) is 4.74 Å². The molecule has 2 N–H and O–H groups in total. The van der Waals surface area contributed by atoms with Crippen LogP contribution in [-0.4, -0.2) is 78.4 Å². The van der Waals surface area contributed by atoms with Gasteiger partial charge in [-0.05, 0) is 37.1 Å². The van der Waals surface area contributed by atoms with Crippen LogP contribution in [0, 0.1) is 6.92 Å². The first-order valence-electron chi connectivity index (χ1n) is 11.9. The first-order chi connectivity index (χ1) is 17.2. The van der Waals surface area contributed by atoms with Crippen LogP contribution in [0.2, 0.25) is 0 Å². The number of urea groups is 1. The second kappa shape index (κ2) is 10.4. The molecule has 10 heteroatoms. The van der Waals surface area contributed by atoms with Gasteiger partial charge >= 0.3 is 6.03 Å². The Balaban J connectivity index is 1.27. The minimum atomic E-state index is -1.31. The number of hydrogen-bond donors (Lipinski definition) is 2. The number of piperazine rings is 1. The van der Waals surface area contributed by atoms with E-state index in [0.717, 1.165) is 16.1 Å². The fraction of sp³-hybridized carbons (Fsp3) is 0.385. The van der Waals surface area contributed by atoms with Crippen molar-refractivity contribution in [3.63, 3.8) is 0 Å². The third kappa shape index (κ3) is 5.33. The number of nitrogens with zero attached hydrogens (tertiary/aromatic N) is 3. The van der Waals surface area contributed by atoms with Crippen LogP contribution in [0.1, 0.15) is 23.6 Å². The molecule has 190 valence electrons. The third-order valence-corrected chi connectivity index (χ3v) is 6.66. The van der Waals surface area contributed by atoms with E-state index in [1.54, 1.807) is 43.2 Å². The van der Waals surface area contributed by atoms with Crippen molar-refractivity contribution in [1.82, 2.24) is 25.6 Å². The van der Waals surface area contributed by atoms with Crippen LogP contribution in [0.3, 0.4) is 0 Å². The van der Waals surface area contributed by atoms with Crippen molar-refractivity contribution in [2.45, 2.75) is 25.8 Å². The van der Waals surface area contributed by atoms with E-state index in [1.807, 2.05) is 36.1 Å². The number of aryl methyl sites for hydroxylation is 1. The number of carbonyl (C=O) groups excluding carboxylic acids is 4. The van der Waals surface area contributed by atoms with Crippen LogP contribution in [0.15, 0.2) is 48.5 Å². The summed E-state index contributed by atoms with van der Waals surface area (Å²) in [6.07, 6.45) is 0.347. The standard InChI is InChI=1S/C26H31N5O5/c1-18-4-6-19(7-5-18)16-23(33)30-14-12-29(13-15-30)17-22(32)28-31-24(34)26(2,27-25(31)35)20-8-10-21(36-3)11-9-20/h4-11H,12-17H2,1-3H3,(H,27,35)(H,28,32). The summed E-state index contributed by atoms with van der Waals surface area (Å²) in [7, 11) is 1.54. The number of benzene rings is 2. The van der Waals surface area contributed by atoms with Crippen molar-refractivity contribution in [3.8, 4) is 5.75 Å². The van der Waals surface area contributed by atoms with Gasteiger partial charge in [-0.2, -0.15) is 5.01 Å². The van der Waals surface area contributed by atoms with Crippen molar-refractivity contribution < 1.29 is 23.9 Å². The molecule has 0 spiro atoms. The molecule has 4 rings (SSSR count). The summed E-state index contributed by atoms with van der Waals surface area (Å²) in [5.41, 5.74) is 3.82. The van der Waals surface area contributed by atoms with Crippen LogP contribution in [-0.2, 0) is 26.3 Å². The van der Waals surface area contributed by atoms with Gasteiger partial charge in [-0.1, -0.05) is 42.0 Å². The average Bonchev–Trinajstić information content (AvgIpc) is 3.09. The minimum Gasteiger partial charge on any atom is -0.497 e. The molecule has 0 aromatic heterocycles. The van der Waals surface area contributed by atoms with Crippen LogP contribution in [0.4, 0.5) is 4.79 Å². The lowest BCUT2D eigenvalue weighted by Crippen LogP contribution is -2.54. The Kier molecular flexibility index (Phi) is 7.25. The molecule has 2 aromatic carbocycles. The zero-order chi connectivity index (χ0) is 25.9. The Bertz CT molecular complexity index is 1140. The molecule has 2 aromatic rings. The second-order valence-electron chi connectivity index (χ2n) is 9.28. The monoisotopic (exact) mass is 493 g/mol. The van der Waals surface area contributed by atoms with Gasteiger partial charge in [0.1, 0.15) is 11.3 Å². The normalized spacial score (nSPS) is 20.3.